The molecule has 2 atom stereocenters. The number of thiocarbonyl (C=S) groups is 1. The topological polar surface area (TPSA) is 74.9 Å². The van der Waals surface area contributed by atoms with Crippen molar-refractivity contribution in [2.75, 3.05) is 19.1 Å². The van der Waals surface area contributed by atoms with Gasteiger partial charge in [0, 0.05) is 10.7 Å². The molecule has 0 aliphatic carbocycles. The molecular weight excluding hydrogens is 484 g/mol. The molecule has 2 heterocycles. The van der Waals surface area contributed by atoms with E-state index >= 15 is 0 Å². The van der Waals surface area contributed by atoms with E-state index in [1.165, 1.54) is 0 Å². The van der Waals surface area contributed by atoms with Crippen molar-refractivity contribution >= 4 is 40.5 Å². The highest BCUT2D eigenvalue weighted by atomic mass is 35.5. The molecule has 0 fully saturated rings. The van der Waals surface area contributed by atoms with Crippen LogP contribution in [0.5, 0.6) is 11.5 Å². The first-order valence-corrected chi connectivity index (χ1v) is 11.7. The standard InChI is InChI=1S/C26H23ClN4O3S/c1-33-19-11-3-15(4-12-19)22-21-23(30-26(35)28-22)29-24(16-5-13-20(34-2)14-6-16)31(25(21)32)18-9-7-17(27)8-10-18/h3-14,22,24,29H,1-2H3,(H2,28,30,35). The Kier molecular flexibility index (Phi) is 6.23. The molecule has 5 rings (SSSR count). The number of methoxy groups -OCH3 is 2. The summed E-state index contributed by atoms with van der Waals surface area (Å²) in [5, 5.41) is 10.9. The molecule has 2 unspecified atom stereocenters. The molecule has 7 nitrogen and oxygen atoms in total. The van der Waals surface area contributed by atoms with E-state index in [0.29, 0.717) is 27.2 Å². The summed E-state index contributed by atoms with van der Waals surface area (Å²) >= 11 is 11.6. The third-order valence-corrected chi connectivity index (χ3v) is 6.52. The van der Waals surface area contributed by atoms with Crippen LogP contribution in [-0.2, 0) is 4.79 Å². The average Bonchev–Trinajstić information content (AvgIpc) is 2.89. The molecule has 3 aromatic rings. The van der Waals surface area contributed by atoms with Crippen molar-refractivity contribution in [3.05, 3.63) is 100 Å². The summed E-state index contributed by atoms with van der Waals surface area (Å²) in [6.07, 6.45) is -0.488. The van der Waals surface area contributed by atoms with Gasteiger partial charge in [-0.15, -0.1) is 0 Å². The Bertz CT molecular complexity index is 1290. The minimum atomic E-state index is -0.488. The minimum absolute atomic E-state index is 0.162. The fraction of sp³-hybridized carbons (Fsp3) is 0.154. The number of hydrogen-bond donors (Lipinski definition) is 3. The molecule has 0 aromatic heterocycles. The van der Waals surface area contributed by atoms with Gasteiger partial charge in [0.05, 0.1) is 25.8 Å². The Morgan fingerprint density at radius 3 is 1.97 bits per heavy atom. The first kappa shape index (κ1) is 23.0. The molecule has 1 amide bonds. The number of rotatable bonds is 5. The van der Waals surface area contributed by atoms with Crippen LogP contribution in [-0.4, -0.2) is 25.2 Å². The number of amides is 1. The van der Waals surface area contributed by atoms with Crippen LogP contribution >= 0.6 is 23.8 Å². The number of nitrogens with zero attached hydrogens (tertiary/aromatic N) is 1. The van der Waals surface area contributed by atoms with Gasteiger partial charge in [-0.05, 0) is 71.9 Å². The summed E-state index contributed by atoms with van der Waals surface area (Å²) in [5.74, 6) is 1.88. The van der Waals surface area contributed by atoms with Crippen molar-refractivity contribution in [3.8, 4) is 11.5 Å². The molecular formula is C26H23ClN4O3S. The highest BCUT2D eigenvalue weighted by Crippen LogP contribution is 2.38. The first-order chi connectivity index (χ1) is 17.0. The second-order valence-corrected chi connectivity index (χ2v) is 8.91. The van der Waals surface area contributed by atoms with E-state index in [-0.39, 0.29) is 5.91 Å². The third kappa shape index (κ3) is 4.38. The van der Waals surface area contributed by atoms with Crippen LogP contribution in [0.2, 0.25) is 5.02 Å². The first-order valence-electron chi connectivity index (χ1n) is 10.9. The Balaban J connectivity index is 1.62. The molecule has 35 heavy (non-hydrogen) atoms. The summed E-state index contributed by atoms with van der Waals surface area (Å²) in [4.78, 5) is 15.9. The maximum absolute atomic E-state index is 14.2. The van der Waals surface area contributed by atoms with E-state index in [1.807, 2.05) is 60.7 Å². The van der Waals surface area contributed by atoms with Crippen LogP contribution in [0.15, 0.2) is 84.2 Å². The number of carbonyl (C=O) groups is 1. The zero-order chi connectivity index (χ0) is 24.5. The van der Waals surface area contributed by atoms with Crippen LogP contribution in [0, 0.1) is 0 Å². The highest BCUT2D eigenvalue weighted by Gasteiger charge is 2.42. The number of anilines is 1. The van der Waals surface area contributed by atoms with Gasteiger partial charge in [-0.2, -0.15) is 0 Å². The van der Waals surface area contributed by atoms with Gasteiger partial charge in [-0.1, -0.05) is 35.9 Å². The van der Waals surface area contributed by atoms with E-state index in [4.69, 9.17) is 33.3 Å². The number of carbonyl (C=O) groups excluding carboxylic acids is 1. The number of ether oxygens (including phenoxy) is 2. The lowest BCUT2D eigenvalue weighted by molar-refractivity contribution is -0.116. The average molecular weight is 507 g/mol. The second-order valence-electron chi connectivity index (χ2n) is 8.06. The van der Waals surface area contributed by atoms with E-state index < -0.39 is 12.2 Å². The van der Waals surface area contributed by atoms with Crippen LogP contribution < -0.4 is 30.3 Å². The van der Waals surface area contributed by atoms with Crippen LogP contribution in [0.4, 0.5) is 5.69 Å². The Morgan fingerprint density at radius 2 is 1.40 bits per heavy atom. The van der Waals surface area contributed by atoms with E-state index in [1.54, 1.807) is 31.3 Å². The molecule has 0 bridgehead atoms. The maximum Gasteiger partial charge on any atom is 0.262 e. The number of benzene rings is 3. The molecule has 9 heteroatoms. The van der Waals surface area contributed by atoms with Crippen LogP contribution in [0.1, 0.15) is 23.3 Å². The highest BCUT2D eigenvalue weighted by molar-refractivity contribution is 7.80. The zero-order valence-corrected chi connectivity index (χ0v) is 20.6. The van der Waals surface area contributed by atoms with E-state index in [2.05, 4.69) is 16.0 Å². The predicted molar refractivity (Wildman–Crippen MR) is 139 cm³/mol. The molecule has 0 spiro atoms. The summed E-state index contributed by atoms with van der Waals surface area (Å²) in [6, 6.07) is 21.9. The monoisotopic (exact) mass is 506 g/mol. The Hall–Kier alpha value is -3.75. The van der Waals surface area contributed by atoms with E-state index in [9.17, 15) is 4.79 Å². The molecule has 3 N–H and O–H groups in total. The van der Waals surface area contributed by atoms with Gasteiger partial charge >= 0.3 is 0 Å². The van der Waals surface area contributed by atoms with Crippen molar-refractivity contribution < 1.29 is 14.3 Å². The largest absolute Gasteiger partial charge is 0.497 e. The maximum atomic E-state index is 14.2. The Labute approximate surface area is 213 Å². The molecule has 2 aliphatic rings. The summed E-state index contributed by atoms with van der Waals surface area (Å²) in [7, 11) is 3.24. The molecule has 0 saturated heterocycles. The SMILES string of the molecule is COc1ccc(C2NC(=S)NC3=C2C(=O)N(c2ccc(Cl)cc2)C(c2ccc(OC)cc2)N3)cc1. The normalized spacial score (nSPS) is 19.3. The van der Waals surface area contributed by atoms with Crippen molar-refractivity contribution in [1.29, 1.82) is 0 Å². The van der Waals surface area contributed by atoms with Gasteiger partial charge in [-0.25, -0.2) is 0 Å². The third-order valence-electron chi connectivity index (χ3n) is 6.05. The molecule has 3 aromatic carbocycles. The number of nitrogens with one attached hydrogen (secondary N) is 3. The summed E-state index contributed by atoms with van der Waals surface area (Å²) in [5.41, 5.74) is 3.01. The van der Waals surface area contributed by atoms with Gasteiger partial charge in [0.2, 0.25) is 0 Å². The Morgan fingerprint density at radius 1 is 0.829 bits per heavy atom. The van der Waals surface area contributed by atoms with Crippen molar-refractivity contribution in [2.24, 2.45) is 0 Å². The van der Waals surface area contributed by atoms with Gasteiger partial charge in [0.1, 0.15) is 23.5 Å². The van der Waals surface area contributed by atoms with Crippen molar-refractivity contribution in [1.82, 2.24) is 16.0 Å². The quantitative estimate of drug-likeness (QED) is 0.442. The predicted octanol–water partition coefficient (Wildman–Crippen LogP) is 4.42. The lowest BCUT2D eigenvalue weighted by Crippen LogP contribution is -2.58. The van der Waals surface area contributed by atoms with Gasteiger partial charge in [0.25, 0.3) is 5.91 Å². The number of halogens is 1. The van der Waals surface area contributed by atoms with Gasteiger partial charge < -0.3 is 25.4 Å². The van der Waals surface area contributed by atoms with Crippen molar-refractivity contribution in [3.63, 3.8) is 0 Å². The summed E-state index contributed by atoms with van der Waals surface area (Å²) < 4.78 is 10.6. The fourth-order valence-electron chi connectivity index (χ4n) is 4.29. The lowest BCUT2D eigenvalue weighted by atomic mass is 9.93. The smallest absolute Gasteiger partial charge is 0.262 e. The van der Waals surface area contributed by atoms with Crippen LogP contribution in [0.25, 0.3) is 0 Å². The molecule has 0 saturated carbocycles. The van der Waals surface area contributed by atoms with Gasteiger partial charge in [-0.3, -0.25) is 9.69 Å². The molecule has 2 aliphatic heterocycles. The zero-order valence-electron chi connectivity index (χ0n) is 19.0. The van der Waals surface area contributed by atoms with Crippen molar-refractivity contribution in [2.45, 2.75) is 12.2 Å². The minimum Gasteiger partial charge on any atom is -0.497 e. The van der Waals surface area contributed by atoms with Crippen LogP contribution in [0.3, 0.4) is 0 Å². The molecule has 0 radical (unpaired) electrons. The fourth-order valence-corrected chi connectivity index (χ4v) is 4.64. The van der Waals surface area contributed by atoms with E-state index in [0.717, 1.165) is 22.6 Å². The lowest BCUT2D eigenvalue weighted by Gasteiger charge is -2.43. The second kappa shape index (κ2) is 9.48. The number of hydrogen-bond acceptors (Lipinski definition) is 5. The van der Waals surface area contributed by atoms with Gasteiger partial charge in [0.15, 0.2) is 5.11 Å². The molecule has 178 valence electrons. The summed E-state index contributed by atoms with van der Waals surface area (Å²) in [6.45, 7) is 0.